The van der Waals surface area contributed by atoms with Gasteiger partial charge in [0.05, 0.1) is 5.92 Å². The summed E-state index contributed by atoms with van der Waals surface area (Å²) in [5, 5.41) is 13.6. The molecule has 0 unspecified atom stereocenters. The van der Waals surface area contributed by atoms with Gasteiger partial charge in [-0.25, -0.2) is 0 Å². The minimum atomic E-state index is -0.806. The molecule has 0 amide bonds. The molecule has 4 rings (SSSR count). The van der Waals surface area contributed by atoms with Gasteiger partial charge in [-0.1, -0.05) is 30.3 Å². The van der Waals surface area contributed by atoms with Crippen LogP contribution in [0.2, 0.25) is 0 Å². The highest BCUT2D eigenvalue weighted by Crippen LogP contribution is 2.34. The van der Waals surface area contributed by atoms with Crippen LogP contribution >= 0.6 is 12.4 Å². The summed E-state index contributed by atoms with van der Waals surface area (Å²) < 4.78 is 5.88. The van der Waals surface area contributed by atoms with Crippen LogP contribution in [0.4, 0.5) is 0 Å². The van der Waals surface area contributed by atoms with E-state index in [9.17, 15) is 9.90 Å². The van der Waals surface area contributed by atoms with Crippen molar-refractivity contribution in [1.29, 1.82) is 0 Å². The summed E-state index contributed by atoms with van der Waals surface area (Å²) in [6.45, 7) is 1.60. The Morgan fingerprint density at radius 1 is 1.20 bits per heavy atom. The predicted octanol–water partition coefficient (Wildman–Crippen LogP) is 3.44. The molecule has 3 aromatic rings. The Balaban J connectivity index is 0.00000182. The number of fused-ring (bicyclic) bond motifs is 3. The first-order valence-electron chi connectivity index (χ1n) is 7.97. The Morgan fingerprint density at radius 3 is 2.76 bits per heavy atom. The number of benzene rings is 2. The largest absolute Gasteiger partial charge is 0.489 e. The summed E-state index contributed by atoms with van der Waals surface area (Å²) >= 11 is 0. The van der Waals surface area contributed by atoms with E-state index < -0.39 is 11.9 Å². The number of hydrogen-bond donors (Lipinski definition) is 3. The topological polar surface area (TPSA) is 74.4 Å². The standard InChI is InChI=1S/C19H18N2O3.ClH/c22-19(23)15-9-20-10-17-18(15)14-8-13(6-7-16(14)21-17)24-11-12-4-2-1-3-5-12;/h1-8,15,20-21H,9-11H2,(H,22,23);1H/t15-;/m1./s1. The maximum Gasteiger partial charge on any atom is 0.312 e. The van der Waals surface area contributed by atoms with Gasteiger partial charge in [0.1, 0.15) is 12.4 Å². The van der Waals surface area contributed by atoms with Gasteiger partial charge in [0.25, 0.3) is 0 Å². The second-order valence-electron chi connectivity index (χ2n) is 6.02. The van der Waals surface area contributed by atoms with Crippen LogP contribution in [0, 0.1) is 0 Å². The van der Waals surface area contributed by atoms with E-state index in [1.54, 1.807) is 0 Å². The summed E-state index contributed by atoms with van der Waals surface area (Å²) in [6.07, 6.45) is 0. The van der Waals surface area contributed by atoms with Crippen molar-refractivity contribution in [2.45, 2.75) is 19.1 Å². The number of halogens is 1. The van der Waals surface area contributed by atoms with E-state index in [2.05, 4.69) is 10.3 Å². The first kappa shape index (κ1) is 17.3. The van der Waals surface area contributed by atoms with Crippen LogP contribution < -0.4 is 10.1 Å². The van der Waals surface area contributed by atoms with Crippen LogP contribution in [-0.4, -0.2) is 22.6 Å². The molecule has 6 heteroatoms. The van der Waals surface area contributed by atoms with E-state index in [4.69, 9.17) is 4.74 Å². The summed E-state index contributed by atoms with van der Waals surface area (Å²) in [5.41, 5.74) is 3.87. The third kappa shape index (κ3) is 3.34. The van der Waals surface area contributed by atoms with Crippen molar-refractivity contribution in [1.82, 2.24) is 10.3 Å². The summed E-state index contributed by atoms with van der Waals surface area (Å²) in [4.78, 5) is 14.9. The number of ether oxygens (including phenoxy) is 1. The molecule has 5 nitrogen and oxygen atoms in total. The lowest BCUT2D eigenvalue weighted by Gasteiger charge is -2.20. The van der Waals surface area contributed by atoms with Crippen molar-refractivity contribution in [3.8, 4) is 5.75 Å². The fraction of sp³-hybridized carbons (Fsp3) is 0.211. The summed E-state index contributed by atoms with van der Waals surface area (Å²) in [5.74, 6) is -0.595. The highest BCUT2D eigenvalue weighted by atomic mass is 35.5. The Bertz CT molecular complexity index is 892. The number of carboxylic acids is 1. The Kier molecular flexibility index (Phi) is 4.97. The second kappa shape index (κ2) is 7.17. The molecule has 0 fully saturated rings. The molecular weight excluding hydrogens is 340 g/mol. The molecule has 1 aliphatic heterocycles. The maximum atomic E-state index is 11.6. The molecule has 0 saturated carbocycles. The van der Waals surface area contributed by atoms with Gasteiger partial charge in [0.15, 0.2) is 0 Å². The molecule has 1 atom stereocenters. The molecule has 0 spiro atoms. The molecule has 0 radical (unpaired) electrons. The SMILES string of the molecule is Cl.O=C(O)[C@@H]1CNCc2[nH]c3ccc(OCc4ccccc4)cc3c21. The van der Waals surface area contributed by atoms with E-state index in [0.29, 0.717) is 19.7 Å². The van der Waals surface area contributed by atoms with Crippen molar-refractivity contribution < 1.29 is 14.6 Å². The lowest BCUT2D eigenvalue weighted by molar-refractivity contribution is -0.138. The molecule has 2 heterocycles. The number of aromatic amines is 1. The molecule has 1 aliphatic rings. The first-order valence-corrected chi connectivity index (χ1v) is 7.97. The van der Waals surface area contributed by atoms with E-state index >= 15 is 0 Å². The zero-order valence-electron chi connectivity index (χ0n) is 13.5. The van der Waals surface area contributed by atoms with Crippen LogP contribution in [0.3, 0.4) is 0 Å². The minimum absolute atomic E-state index is 0. The smallest absolute Gasteiger partial charge is 0.312 e. The number of aliphatic carboxylic acids is 1. The fourth-order valence-electron chi connectivity index (χ4n) is 3.27. The van der Waals surface area contributed by atoms with Gasteiger partial charge in [-0.3, -0.25) is 4.79 Å². The van der Waals surface area contributed by atoms with Crippen LogP contribution in [0.1, 0.15) is 22.7 Å². The molecular formula is C19H19ClN2O3. The number of carbonyl (C=O) groups is 1. The average Bonchev–Trinajstić information content (AvgIpc) is 2.98. The minimum Gasteiger partial charge on any atom is -0.489 e. The van der Waals surface area contributed by atoms with Crippen molar-refractivity contribution >= 4 is 29.3 Å². The van der Waals surface area contributed by atoms with E-state index in [1.807, 2.05) is 48.5 Å². The lowest BCUT2D eigenvalue weighted by atomic mass is 9.93. The van der Waals surface area contributed by atoms with Crippen LogP contribution in [-0.2, 0) is 17.9 Å². The Labute approximate surface area is 151 Å². The van der Waals surface area contributed by atoms with Crippen LogP contribution in [0.25, 0.3) is 10.9 Å². The predicted molar refractivity (Wildman–Crippen MR) is 98.4 cm³/mol. The number of carboxylic acid groups (broad SMARTS) is 1. The second-order valence-corrected chi connectivity index (χ2v) is 6.02. The Hall–Kier alpha value is -2.50. The highest BCUT2D eigenvalue weighted by Gasteiger charge is 2.29. The van der Waals surface area contributed by atoms with Crippen molar-refractivity contribution in [3.63, 3.8) is 0 Å². The van der Waals surface area contributed by atoms with Crippen molar-refractivity contribution in [2.75, 3.05) is 6.54 Å². The monoisotopic (exact) mass is 358 g/mol. The zero-order valence-corrected chi connectivity index (χ0v) is 14.3. The summed E-state index contributed by atoms with van der Waals surface area (Å²) in [7, 11) is 0. The van der Waals surface area contributed by atoms with Crippen molar-refractivity contribution in [2.24, 2.45) is 0 Å². The van der Waals surface area contributed by atoms with Gasteiger partial charge < -0.3 is 20.1 Å². The summed E-state index contributed by atoms with van der Waals surface area (Å²) in [6, 6.07) is 15.8. The molecule has 3 N–H and O–H groups in total. The lowest BCUT2D eigenvalue weighted by Crippen LogP contribution is -2.32. The highest BCUT2D eigenvalue weighted by molar-refractivity contribution is 5.92. The van der Waals surface area contributed by atoms with Crippen LogP contribution in [0.5, 0.6) is 5.75 Å². The van der Waals surface area contributed by atoms with Gasteiger partial charge in [0, 0.05) is 29.7 Å². The van der Waals surface area contributed by atoms with E-state index in [-0.39, 0.29) is 12.4 Å². The van der Waals surface area contributed by atoms with E-state index in [1.165, 1.54) is 0 Å². The molecule has 2 aromatic carbocycles. The molecule has 0 saturated heterocycles. The molecule has 25 heavy (non-hydrogen) atoms. The zero-order chi connectivity index (χ0) is 16.5. The molecule has 0 aliphatic carbocycles. The number of H-pyrrole nitrogens is 1. The first-order chi connectivity index (χ1) is 11.7. The number of hydrogen-bond acceptors (Lipinski definition) is 3. The third-order valence-corrected chi connectivity index (χ3v) is 4.44. The third-order valence-electron chi connectivity index (χ3n) is 4.44. The average molecular weight is 359 g/mol. The van der Waals surface area contributed by atoms with Crippen molar-refractivity contribution in [3.05, 3.63) is 65.4 Å². The maximum absolute atomic E-state index is 11.6. The van der Waals surface area contributed by atoms with Gasteiger partial charge in [0.2, 0.25) is 0 Å². The molecule has 130 valence electrons. The van der Waals surface area contributed by atoms with Gasteiger partial charge in [-0.2, -0.15) is 0 Å². The van der Waals surface area contributed by atoms with E-state index in [0.717, 1.165) is 33.5 Å². The quantitative estimate of drug-likeness (QED) is 0.668. The Morgan fingerprint density at radius 2 is 2.00 bits per heavy atom. The molecule has 1 aromatic heterocycles. The number of aromatic nitrogens is 1. The van der Waals surface area contributed by atoms with Gasteiger partial charge in [-0.05, 0) is 29.3 Å². The number of nitrogens with one attached hydrogen (secondary N) is 2. The number of rotatable bonds is 4. The van der Waals surface area contributed by atoms with Gasteiger partial charge >= 0.3 is 5.97 Å². The normalized spacial score (nSPS) is 16.1. The molecule has 0 bridgehead atoms. The fourth-order valence-corrected chi connectivity index (χ4v) is 3.27. The van der Waals surface area contributed by atoms with Gasteiger partial charge in [-0.15, -0.1) is 12.4 Å². The van der Waals surface area contributed by atoms with Crippen LogP contribution in [0.15, 0.2) is 48.5 Å².